The van der Waals surface area contributed by atoms with Crippen molar-refractivity contribution in [1.82, 2.24) is 5.32 Å². The minimum Gasteiger partial charge on any atom is -0.377 e. The molecule has 0 amide bonds. The molecule has 15 heavy (non-hydrogen) atoms. The van der Waals surface area contributed by atoms with Crippen molar-refractivity contribution in [2.45, 2.75) is 32.4 Å². The molecule has 0 radical (unpaired) electrons. The molecule has 2 heteroatoms. The highest BCUT2D eigenvalue weighted by molar-refractivity contribution is 5.21. The molecule has 0 aliphatic carbocycles. The largest absolute Gasteiger partial charge is 0.377 e. The van der Waals surface area contributed by atoms with Gasteiger partial charge in [0, 0.05) is 19.7 Å². The van der Waals surface area contributed by atoms with Crippen LogP contribution in [0.4, 0.5) is 0 Å². The molecule has 1 aliphatic rings. The van der Waals surface area contributed by atoms with Gasteiger partial charge in [0.05, 0.1) is 6.10 Å². The molecule has 1 aromatic rings. The molecule has 2 nitrogen and oxygen atoms in total. The van der Waals surface area contributed by atoms with Crippen LogP contribution in [0.1, 0.15) is 24.0 Å². The number of benzene rings is 1. The van der Waals surface area contributed by atoms with Gasteiger partial charge >= 0.3 is 0 Å². The third-order valence-electron chi connectivity index (χ3n) is 2.85. The SMILES string of the molecule is Cc1ccc(CNC[C@@H]2CCCO2)cc1. The van der Waals surface area contributed by atoms with Crippen LogP contribution in [0.25, 0.3) is 0 Å². The van der Waals surface area contributed by atoms with Crippen LogP contribution >= 0.6 is 0 Å². The van der Waals surface area contributed by atoms with Crippen molar-refractivity contribution < 1.29 is 4.74 Å². The average Bonchev–Trinajstić information content (AvgIpc) is 2.74. The molecule has 82 valence electrons. The van der Waals surface area contributed by atoms with Gasteiger partial charge in [0.15, 0.2) is 0 Å². The summed E-state index contributed by atoms with van der Waals surface area (Å²) < 4.78 is 5.55. The minimum atomic E-state index is 0.440. The summed E-state index contributed by atoms with van der Waals surface area (Å²) in [5, 5.41) is 3.44. The Morgan fingerprint density at radius 3 is 2.80 bits per heavy atom. The van der Waals surface area contributed by atoms with Crippen LogP contribution in [-0.2, 0) is 11.3 Å². The second-order valence-electron chi connectivity index (χ2n) is 4.25. The van der Waals surface area contributed by atoms with Crippen LogP contribution in [0.2, 0.25) is 0 Å². The van der Waals surface area contributed by atoms with E-state index in [1.54, 1.807) is 0 Å². The third kappa shape index (κ3) is 3.33. The summed E-state index contributed by atoms with van der Waals surface area (Å²) in [6.07, 6.45) is 2.87. The second kappa shape index (κ2) is 5.29. The zero-order chi connectivity index (χ0) is 10.5. The third-order valence-corrected chi connectivity index (χ3v) is 2.85. The summed E-state index contributed by atoms with van der Waals surface area (Å²) in [7, 11) is 0. The van der Waals surface area contributed by atoms with Gasteiger partial charge in [-0.3, -0.25) is 0 Å². The van der Waals surface area contributed by atoms with Crippen molar-refractivity contribution in [3.63, 3.8) is 0 Å². The van der Waals surface area contributed by atoms with Crippen molar-refractivity contribution in [3.8, 4) is 0 Å². The predicted octanol–water partition coefficient (Wildman–Crippen LogP) is 2.26. The normalized spacial score (nSPS) is 20.7. The lowest BCUT2D eigenvalue weighted by Gasteiger charge is -2.10. The summed E-state index contributed by atoms with van der Waals surface area (Å²) in [5.74, 6) is 0. The minimum absolute atomic E-state index is 0.440. The van der Waals surface area contributed by atoms with Gasteiger partial charge in [-0.05, 0) is 25.3 Å². The number of rotatable bonds is 4. The standard InChI is InChI=1S/C13H19NO/c1-11-4-6-12(7-5-11)9-14-10-13-3-2-8-15-13/h4-7,13-14H,2-3,8-10H2,1H3/t13-/m0/s1. The van der Waals surface area contributed by atoms with Crippen molar-refractivity contribution in [2.24, 2.45) is 0 Å². The van der Waals surface area contributed by atoms with Gasteiger partial charge in [0.25, 0.3) is 0 Å². The fourth-order valence-electron chi connectivity index (χ4n) is 1.89. The summed E-state index contributed by atoms with van der Waals surface area (Å²) in [6, 6.07) is 8.67. The van der Waals surface area contributed by atoms with Crippen molar-refractivity contribution in [2.75, 3.05) is 13.2 Å². The molecule has 1 heterocycles. The Kier molecular flexibility index (Phi) is 3.75. The molecule has 0 spiro atoms. The van der Waals surface area contributed by atoms with Gasteiger partial charge in [0.1, 0.15) is 0 Å². The molecule has 1 fully saturated rings. The van der Waals surface area contributed by atoms with Gasteiger partial charge in [-0.2, -0.15) is 0 Å². The summed E-state index contributed by atoms with van der Waals surface area (Å²) in [6.45, 7) is 4.98. The highest BCUT2D eigenvalue weighted by Gasteiger charge is 2.14. The lowest BCUT2D eigenvalue weighted by molar-refractivity contribution is 0.110. The summed E-state index contributed by atoms with van der Waals surface area (Å²) in [5.41, 5.74) is 2.66. The van der Waals surface area contributed by atoms with Crippen LogP contribution in [0.15, 0.2) is 24.3 Å². The van der Waals surface area contributed by atoms with E-state index in [2.05, 4.69) is 36.5 Å². The number of aryl methyl sites for hydroxylation is 1. The van der Waals surface area contributed by atoms with Crippen molar-refractivity contribution in [3.05, 3.63) is 35.4 Å². The first-order chi connectivity index (χ1) is 7.34. The van der Waals surface area contributed by atoms with E-state index in [0.29, 0.717) is 6.10 Å². The summed E-state index contributed by atoms with van der Waals surface area (Å²) in [4.78, 5) is 0. The molecule has 0 bridgehead atoms. The predicted molar refractivity (Wildman–Crippen MR) is 61.9 cm³/mol. The monoisotopic (exact) mass is 205 g/mol. The number of ether oxygens (including phenoxy) is 1. The average molecular weight is 205 g/mol. The molecule has 0 aromatic heterocycles. The quantitative estimate of drug-likeness (QED) is 0.814. The first-order valence-electron chi connectivity index (χ1n) is 5.72. The van der Waals surface area contributed by atoms with Crippen LogP contribution in [0, 0.1) is 6.92 Å². The number of hydrogen-bond donors (Lipinski definition) is 1. The van der Waals surface area contributed by atoms with E-state index in [1.807, 2.05) is 0 Å². The molecular weight excluding hydrogens is 186 g/mol. The van der Waals surface area contributed by atoms with E-state index in [9.17, 15) is 0 Å². The first kappa shape index (κ1) is 10.7. The molecular formula is C13H19NO. The Labute approximate surface area is 91.6 Å². The molecule has 1 atom stereocenters. The van der Waals surface area contributed by atoms with Crippen LogP contribution in [0.3, 0.4) is 0 Å². The Bertz CT molecular complexity index is 288. The maximum Gasteiger partial charge on any atom is 0.0700 e. The zero-order valence-electron chi connectivity index (χ0n) is 9.33. The van der Waals surface area contributed by atoms with Crippen LogP contribution in [-0.4, -0.2) is 19.3 Å². The highest BCUT2D eigenvalue weighted by Crippen LogP contribution is 2.10. The molecule has 1 N–H and O–H groups in total. The second-order valence-corrected chi connectivity index (χ2v) is 4.25. The van der Waals surface area contributed by atoms with Gasteiger partial charge < -0.3 is 10.1 Å². The van der Waals surface area contributed by atoms with E-state index in [1.165, 1.54) is 24.0 Å². The van der Waals surface area contributed by atoms with Crippen LogP contribution in [0.5, 0.6) is 0 Å². The maximum atomic E-state index is 5.55. The lowest BCUT2D eigenvalue weighted by Crippen LogP contribution is -2.25. The molecule has 1 aliphatic heterocycles. The van der Waals surface area contributed by atoms with Crippen molar-refractivity contribution >= 4 is 0 Å². The van der Waals surface area contributed by atoms with E-state index in [-0.39, 0.29) is 0 Å². The smallest absolute Gasteiger partial charge is 0.0700 e. The molecule has 0 unspecified atom stereocenters. The number of hydrogen-bond acceptors (Lipinski definition) is 2. The fraction of sp³-hybridized carbons (Fsp3) is 0.538. The Morgan fingerprint density at radius 1 is 1.33 bits per heavy atom. The van der Waals surface area contributed by atoms with Gasteiger partial charge in [0.2, 0.25) is 0 Å². The molecule has 1 saturated heterocycles. The van der Waals surface area contributed by atoms with E-state index < -0.39 is 0 Å². The Morgan fingerprint density at radius 2 is 2.13 bits per heavy atom. The lowest BCUT2D eigenvalue weighted by atomic mass is 10.1. The molecule has 1 aromatic carbocycles. The van der Waals surface area contributed by atoms with Gasteiger partial charge in [-0.1, -0.05) is 29.8 Å². The topological polar surface area (TPSA) is 21.3 Å². The van der Waals surface area contributed by atoms with E-state index in [4.69, 9.17) is 4.74 Å². The highest BCUT2D eigenvalue weighted by atomic mass is 16.5. The maximum absolute atomic E-state index is 5.55. The Balaban J connectivity index is 1.71. The fourth-order valence-corrected chi connectivity index (χ4v) is 1.89. The molecule has 0 saturated carbocycles. The van der Waals surface area contributed by atoms with Gasteiger partial charge in [-0.15, -0.1) is 0 Å². The molecule has 2 rings (SSSR count). The zero-order valence-corrected chi connectivity index (χ0v) is 9.33. The number of nitrogens with one attached hydrogen (secondary N) is 1. The van der Waals surface area contributed by atoms with Gasteiger partial charge in [-0.25, -0.2) is 0 Å². The van der Waals surface area contributed by atoms with E-state index >= 15 is 0 Å². The van der Waals surface area contributed by atoms with Crippen LogP contribution < -0.4 is 5.32 Å². The van der Waals surface area contributed by atoms with E-state index in [0.717, 1.165) is 19.7 Å². The Hall–Kier alpha value is -0.860. The summed E-state index contributed by atoms with van der Waals surface area (Å²) >= 11 is 0. The van der Waals surface area contributed by atoms with Crippen molar-refractivity contribution in [1.29, 1.82) is 0 Å². The first-order valence-corrected chi connectivity index (χ1v) is 5.72.